The molecular formula is C15H17N5O. The van der Waals surface area contributed by atoms with Gasteiger partial charge in [0, 0.05) is 12.7 Å². The molecule has 21 heavy (non-hydrogen) atoms. The third kappa shape index (κ3) is 2.12. The minimum absolute atomic E-state index is 0.0485. The molecule has 0 spiro atoms. The van der Waals surface area contributed by atoms with Crippen molar-refractivity contribution in [3.05, 3.63) is 30.3 Å². The topological polar surface area (TPSA) is 70.8 Å². The number of pyridine rings is 1. The molecule has 0 amide bonds. The lowest BCUT2D eigenvalue weighted by Crippen LogP contribution is -2.26. The summed E-state index contributed by atoms with van der Waals surface area (Å²) in [6, 6.07) is 5.84. The summed E-state index contributed by atoms with van der Waals surface area (Å²) in [5, 5.41) is 4.11. The third-order valence-corrected chi connectivity index (χ3v) is 3.99. The average Bonchev–Trinajstić information content (AvgIpc) is 2.94. The van der Waals surface area contributed by atoms with Crippen molar-refractivity contribution in [2.75, 3.05) is 20.6 Å². The molecule has 0 aromatic carbocycles. The highest BCUT2D eigenvalue weighted by atomic mass is 16.5. The molecule has 0 atom stereocenters. The number of likely N-dealkylation sites (N-methyl/N-ethyl adjacent to an activating group) is 1. The summed E-state index contributed by atoms with van der Waals surface area (Å²) in [7, 11) is 4.14. The SMILES string of the molecule is CN(C)CC1(c2nc(-c3ccc4[nH]ccc4n3)no2)CC1. The van der Waals surface area contributed by atoms with Gasteiger partial charge in [0.1, 0.15) is 5.69 Å². The van der Waals surface area contributed by atoms with Crippen LogP contribution in [0.25, 0.3) is 22.6 Å². The number of aromatic amines is 1. The fourth-order valence-electron chi connectivity index (χ4n) is 2.80. The minimum atomic E-state index is 0.0485. The normalized spacial score (nSPS) is 16.7. The van der Waals surface area contributed by atoms with Crippen LogP contribution in [0.2, 0.25) is 0 Å². The Bertz CT molecular complexity index is 784. The fraction of sp³-hybridized carbons (Fsp3) is 0.400. The van der Waals surface area contributed by atoms with Crippen LogP contribution < -0.4 is 0 Å². The zero-order valence-electron chi connectivity index (χ0n) is 12.1. The molecule has 1 fully saturated rings. The molecule has 108 valence electrons. The Labute approximate surface area is 122 Å². The van der Waals surface area contributed by atoms with E-state index < -0.39 is 0 Å². The third-order valence-electron chi connectivity index (χ3n) is 3.99. The monoisotopic (exact) mass is 283 g/mol. The van der Waals surface area contributed by atoms with Gasteiger partial charge >= 0.3 is 0 Å². The van der Waals surface area contributed by atoms with Crippen molar-refractivity contribution in [2.45, 2.75) is 18.3 Å². The van der Waals surface area contributed by atoms with E-state index >= 15 is 0 Å². The molecule has 1 saturated carbocycles. The van der Waals surface area contributed by atoms with Crippen molar-refractivity contribution in [3.63, 3.8) is 0 Å². The summed E-state index contributed by atoms with van der Waals surface area (Å²) in [6.45, 7) is 0.943. The van der Waals surface area contributed by atoms with Crippen molar-refractivity contribution < 1.29 is 4.52 Å². The number of rotatable bonds is 4. The van der Waals surface area contributed by atoms with Crippen molar-refractivity contribution in [2.24, 2.45) is 0 Å². The van der Waals surface area contributed by atoms with E-state index in [1.807, 2.05) is 24.4 Å². The van der Waals surface area contributed by atoms with Gasteiger partial charge in [-0.3, -0.25) is 0 Å². The van der Waals surface area contributed by atoms with E-state index in [9.17, 15) is 0 Å². The van der Waals surface area contributed by atoms with Crippen LogP contribution >= 0.6 is 0 Å². The number of aromatic nitrogens is 4. The number of fused-ring (bicyclic) bond motifs is 1. The Kier molecular flexibility index (Phi) is 2.62. The van der Waals surface area contributed by atoms with Crippen molar-refractivity contribution in [1.29, 1.82) is 0 Å². The lowest BCUT2D eigenvalue weighted by Gasteiger charge is -2.15. The van der Waals surface area contributed by atoms with Gasteiger partial charge in [-0.2, -0.15) is 4.98 Å². The highest BCUT2D eigenvalue weighted by Gasteiger charge is 2.49. The summed E-state index contributed by atoms with van der Waals surface area (Å²) in [4.78, 5) is 14.4. The molecule has 0 radical (unpaired) electrons. The van der Waals surface area contributed by atoms with Crippen LogP contribution in [0.15, 0.2) is 28.9 Å². The summed E-state index contributed by atoms with van der Waals surface area (Å²) < 4.78 is 5.51. The Morgan fingerprint density at radius 3 is 2.86 bits per heavy atom. The highest BCUT2D eigenvalue weighted by molar-refractivity contribution is 5.77. The summed E-state index contributed by atoms with van der Waals surface area (Å²) in [6.07, 6.45) is 4.09. The lowest BCUT2D eigenvalue weighted by molar-refractivity contribution is 0.291. The van der Waals surface area contributed by atoms with Gasteiger partial charge in [-0.1, -0.05) is 5.16 Å². The van der Waals surface area contributed by atoms with Crippen LogP contribution in [0.4, 0.5) is 0 Å². The second-order valence-corrected chi connectivity index (χ2v) is 6.05. The molecule has 3 aromatic heterocycles. The number of nitrogens with zero attached hydrogens (tertiary/aromatic N) is 4. The average molecular weight is 283 g/mol. The maximum absolute atomic E-state index is 5.51. The number of H-pyrrole nitrogens is 1. The molecule has 6 nitrogen and oxygen atoms in total. The minimum Gasteiger partial charge on any atom is -0.360 e. The van der Waals surface area contributed by atoms with Crippen molar-refractivity contribution in [1.82, 2.24) is 25.0 Å². The number of hydrogen-bond acceptors (Lipinski definition) is 5. The summed E-state index contributed by atoms with van der Waals surface area (Å²) in [5.41, 5.74) is 2.72. The van der Waals surface area contributed by atoms with Crippen LogP contribution in [0.1, 0.15) is 18.7 Å². The van der Waals surface area contributed by atoms with Crippen molar-refractivity contribution >= 4 is 11.0 Å². The summed E-state index contributed by atoms with van der Waals surface area (Å²) in [5.74, 6) is 1.31. The van der Waals surface area contributed by atoms with Crippen molar-refractivity contribution in [3.8, 4) is 11.5 Å². The van der Waals surface area contributed by atoms with E-state index in [1.54, 1.807) is 0 Å². The molecule has 4 rings (SSSR count). The maximum Gasteiger partial charge on any atom is 0.234 e. The maximum atomic E-state index is 5.51. The van der Waals surface area contributed by atoms with Gasteiger partial charge < -0.3 is 14.4 Å². The fourth-order valence-corrected chi connectivity index (χ4v) is 2.80. The Morgan fingerprint density at radius 1 is 1.24 bits per heavy atom. The first kappa shape index (κ1) is 12.5. The highest BCUT2D eigenvalue weighted by Crippen LogP contribution is 2.48. The smallest absolute Gasteiger partial charge is 0.234 e. The van der Waals surface area contributed by atoms with E-state index in [2.05, 4.69) is 39.1 Å². The van der Waals surface area contributed by atoms with Gasteiger partial charge in [-0.25, -0.2) is 4.98 Å². The van der Waals surface area contributed by atoms with Crippen LogP contribution in [-0.2, 0) is 5.41 Å². The van der Waals surface area contributed by atoms with Gasteiger partial charge in [0.15, 0.2) is 0 Å². The van der Waals surface area contributed by atoms with E-state index in [4.69, 9.17) is 4.52 Å². The van der Waals surface area contributed by atoms with Gasteiger partial charge in [-0.15, -0.1) is 0 Å². The van der Waals surface area contributed by atoms with Crippen LogP contribution in [0.3, 0.4) is 0 Å². The second-order valence-electron chi connectivity index (χ2n) is 6.05. The first-order valence-corrected chi connectivity index (χ1v) is 7.10. The van der Waals surface area contributed by atoms with Crippen LogP contribution in [0, 0.1) is 0 Å². The molecule has 1 aliphatic carbocycles. The molecular weight excluding hydrogens is 266 g/mol. The summed E-state index contributed by atoms with van der Waals surface area (Å²) >= 11 is 0. The standard InChI is InChI=1S/C15H17N5O/c1-20(2)9-15(6-7-15)14-18-13(19-21-14)12-4-3-10-11(17-12)5-8-16-10/h3-5,8,16H,6-7,9H2,1-2H3. The molecule has 0 unspecified atom stereocenters. The molecule has 3 aromatic rings. The first-order chi connectivity index (χ1) is 10.2. The van der Waals surface area contributed by atoms with E-state index in [-0.39, 0.29) is 5.41 Å². The molecule has 1 N–H and O–H groups in total. The Balaban J connectivity index is 1.67. The number of hydrogen-bond donors (Lipinski definition) is 1. The molecule has 3 heterocycles. The first-order valence-electron chi connectivity index (χ1n) is 7.10. The molecule has 0 saturated heterocycles. The van der Waals surface area contributed by atoms with Gasteiger partial charge in [0.05, 0.1) is 16.4 Å². The zero-order valence-corrected chi connectivity index (χ0v) is 12.1. The second kappa shape index (κ2) is 4.39. The number of nitrogens with one attached hydrogen (secondary N) is 1. The van der Waals surface area contributed by atoms with Gasteiger partial charge in [0.25, 0.3) is 0 Å². The predicted octanol–water partition coefficient (Wildman–Crippen LogP) is 2.21. The quantitative estimate of drug-likeness (QED) is 0.795. The van der Waals surface area contributed by atoms with E-state index in [0.29, 0.717) is 5.82 Å². The lowest BCUT2D eigenvalue weighted by atomic mass is 10.1. The largest absolute Gasteiger partial charge is 0.360 e. The molecule has 0 aliphatic heterocycles. The van der Waals surface area contributed by atoms with Crippen LogP contribution in [0.5, 0.6) is 0 Å². The van der Waals surface area contributed by atoms with Crippen LogP contribution in [-0.4, -0.2) is 45.6 Å². The molecule has 6 heteroatoms. The van der Waals surface area contributed by atoms with Gasteiger partial charge in [-0.05, 0) is 45.1 Å². The predicted molar refractivity (Wildman–Crippen MR) is 78.9 cm³/mol. The molecule has 0 bridgehead atoms. The molecule has 1 aliphatic rings. The Hall–Kier alpha value is -2.21. The zero-order chi connectivity index (χ0) is 14.4. The van der Waals surface area contributed by atoms with E-state index in [0.717, 1.165) is 42.0 Å². The van der Waals surface area contributed by atoms with Gasteiger partial charge in [0.2, 0.25) is 11.7 Å². The van der Waals surface area contributed by atoms with E-state index in [1.165, 1.54) is 0 Å². The Morgan fingerprint density at radius 2 is 2.10 bits per heavy atom.